The average Bonchev–Trinajstić information content (AvgIpc) is 2.79. The molecule has 1 heterocycles. The predicted molar refractivity (Wildman–Crippen MR) is 83.2 cm³/mol. The number of hydrogen-bond acceptors (Lipinski definition) is 4. The standard InChI is InChI=1S/C14H18ClN3O2S/c1-9(2)18-14(12(15)8-17-18)13(16)10-4-6-11(7-5-10)21(3,19)20/h4-9,13H,16H2,1-3H3. The zero-order valence-electron chi connectivity index (χ0n) is 12.1. The van der Waals surface area contributed by atoms with Gasteiger partial charge in [0.25, 0.3) is 0 Å². The molecule has 7 heteroatoms. The Bertz CT molecular complexity index is 736. The van der Waals surface area contributed by atoms with E-state index >= 15 is 0 Å². The third-order valence-electron chi connectivity index (χ3n) is 3.24. The van der Waals surface area contributed by atoms with Crippen molar-refractivity contribution in [3.05, 3.63) is 46.7 Å². The lowest BCUT2D eigenvalue weighted by Crippen LogP contribution is -2.19. The van der Waals surface area contributed by atoms with Crippen LogP contribution in [0.15, 0.2) is 35.4 Å². The van der Waals surface area contributed by atoms with E-state index in [0.717, 1.165) is 11.3 Å². The van der Waals surface area contributed by atoms with E-state index in [1.54, 1.807) is 35.1 Å². The quantitative estimate of drug-likeness (QED) is 0.936. The molecule has 0 bridgehead atoms. The van der Waals surface area contributed by atoms with Crippen molar-refractivity contribution in [3.63, 3.8) is 0 Å². The summed E-state index contributed by atoms with van der Waals surface area (Å²) >= 11 is 6.18. The monoisotopic (exact) mass is 327 g/mol. The normalized spacial score (nSPS) is 13.6. The van der Waals surface area contributed by atoms with Gasteiger partial charge in [0.1, 0.15) is 0 Å². The molecule has 1 atom stereocenters. The summed E-state index contributed by atoms with van der Waals surface area (Å²) < 4.78 is 24.7. The minimum Gasteiger partial charge on any atom is -0.319 e. The van der Waals surface area contributed by atoms with E-state index in [-0.39, 0.29) is 10.9 Å². The van der Waals surface area contributed by atoms with Crippen LogP contribution in [0.4, 0.5) is 0 Å². The van der Waals surface area contributed by atoms with E-state index in [0.29, 0.717) is 5.02 Å². The molecule has 0 aliphatic carbocycles. The average molecular weight is 328 g/mol. The summed E-state index contributed by atoms with van der Waals surface area (Å²) in [4.78, 5) is 0.266. The van der Waals surface area contributed by atoms with Gasteiger partial charge >= 0.3 is 0 Å². The number of nitrogens with zero attached hydrogens (tertiary/aromatic N) is 2. The summed E-state index contributed by atoms with van der Waals surface area (Å²) in [6.07, 6.45) is 2.74. The van der Waals surface area contributed by atoms with Gasteiger partial charge in [0, 0.05) is 12.3 Å². The van der Waals surface area contributed by atoms with Crippen molar-refractivity contribution >= 4 is 21.4 Å². The number of aromatic nitrogens is 2. The van der Waals surface area contributed by atoms with Crippen LogP contribution in [-0.4, -0.2) is 24.5 Å². The van der Waals surface area contributed by atoms with Crippen LogP contribution in [0, 0.1) is 0 Å². The Morgan fingerprint density at radius 3 is 2.29 bits per heavy atom. The highest BCUT2D eigenvalue weighted by atomic mass is 35.5. The number of nitrogens with two attached hydrogens (primary N) is 1. The highest BCUT2D eigenvalue weighted by molar-refractivity contribution is 7.90. The third kappa shape index (κ3) is 3.28. The maximum absolute atomic E-state index is 11.5. The second-order valence-corrected chi connectivity index (χ2v) is 7.66. The number of benzene rings is 1. The van der Waals surface area contributed by atoms with Gasteiger partial charge < -0.3 is 5.73 Å². The molecule has 1 aromatic heterocycles. The van der Waals surface area contributed by atoms with Crippen molar-refractivity contribution in [2.24, 2.45) is 5.73 Å². The molecule has 0 fully saturated rings. The summed E-state index contributed by atoms with van der Waals surface area (Å²) in [6.45, 7) is 3.98. The van der Waals surface area contributed by atoms with E-state index in [1.165, 1.54) is 6.26 Å². The molecule has 114 valence electrons. The molecule has 0 aliphatic heterocycles. The maximum Gasteiger partial charge on any atom is 0.175 e. The molecule has 0 saturated heterocycles. The fourth-order valence-corrected chi connectivity index (χ4v) is 3.01. The van der Waals surface area contributed by atoms with Gasteiger partial charge in [-0.05, 0) is 31.5 Å². The molecule has 2 rings (SSSR count). The number of sulfone groups is 1. The number of hydrogen-bond donors (Lipinski definition) is 1. The molecule has 1 unspecified atom stereocenters. The van der Waals surface area contributed by atoms with Crippen molar-refractivity contribution in [3.8, 4) is 0 Å². The summed E-state index contributed by atoms with van der Waals surface area (Å²) in [7, 11) is -3.21. The van der Waals surface area contributed by atoms with Crippen LogP contribution in [-0.2, 0) is 9.84 Å². The first-order valence-corrected chi connectivity index (χ1v) is 8.77. The lowest BCUT2D eigenvalue weighted by atomic mass is 10.0. The molecule has 1 aromatic carbocycles. The molecular weight excluding hydrogens is 310 g/mol. The Labute approximate surface area is 129 Å². The summed E-state index contributed by atoms with van der Waals surface area (Å²) in [5, 5.41) is 4.73. The van der Waals surface area contributed by atoms with Gasteiger partial charge in [-0.15, -0.1) is 0 Å². The van der Waals surface area contributed by atoms with Crippen LogP contribution in [0.1, 0.15) is 37.2 Å². The van der Waals surface area contributed by atoms with Gasteiger partial charge in [-0.25, -0.2) is 8.42 Å². The second kappa shape index (κ2) is 5.79. The van der Waals surface area contributed by atoms with Crippen LogP contribution in [0.2, 0.25) is 5.02 Å². The fourth-order valence-electron chi connectivity index (χ4n) is 2.13. The van der Waals surface area contributed by atoms with Gasteiger partial charge in [0.2, 0.25) is 0 Å². The van der Waals surface area contributed by atoms with E-state index in [2.05, 4.69) is 5.10 Å². The van der Waals surface area contributed by atoms with Crippen molar-refractivity contribution in [2.45, 2.75) is 30.8 Å². The first-order valence-electron chi connectivity index (χ1n) is 6.50. The van der Waals surface area contributed by atoms with Gasteiger partial charge in [-0.1, -0.05) is 23.7 Å². The number of halogens is 1. The van der Waals surface area contributed by atoms with Crippen LogP contribution in [0.3, 0.4) is 0 Å². The van der Waals surface area contributed by atoms with Gasteiger partial charge in [-0.2, -0.15) is 5.10 Å². The van der Waals surface area contributed by atoms with Crippen molar-refractivity contribution in [1.82, 2.24) is 9.78 Å². The van der Waals surface area contributed by atoms with Gasteiger partial charge in [0.05, 0.1) is 27.9 Å². The Balaban J connectivity index is 2.41. The Morgan fingerprint density at radius 2 is 1.81 bits per heavy atom. The van der Waals surface area contributed by atoms with Crippen molar-refractivity contribution < 1.29 is 8.42 Å². The molecule has 0 aliphatic rings. The third-order valence-corrected chi connectivity index (χ3v) is 4.66. The van der Waals surface area contributed by atoms with E-state index in [9.17, 15) is 8.42 Å². The minimum atomic E-state index is -3.21. The first-order chi connectivity index (χ1) is 9.71. The maximum atomic E-state index is 11.5. The minimum absolute atomic E-state index is 0.133. The SMILES string of the molecule is CC(C)n1ncc(Cl)c1C(N)c1ccc(S(C)(=O)=O)cc1. The fraction of sp³-hybridized carbons (Fsp3) is 0.357. The zero-order chi connectivity index (χ0) is 15.8. The Kier molecular flexibility index (Phi) is 4.41. The molecule has 2 aromatic rings. The largest absolute Gasteiger partial charge is 0.319 e. The predicted octanol–water partition coefficient (Wildman–Crippen LogP) is 2.57. The summed E-state index contributed by atoms with van der Waals surface area (Å²) in [6, 6.07) is 6.18. The Morgan fingerprint density at radius 1 is 1.24 bits per heavy atom. The first kappa shape index (κ1) is 16.0. The van der Waals surface area contributed by atoms with Crippen LogP contribution < -0.4 is 5.73 Å². The molecule has 0 saturated carbocycles. The van der Waals surface area contributed by atoms with Crippen LogP contribution in [0.25, 0.3) is 0 Å². The number of rotatable bonds is 4. The highest BCUT2D eigenvalue weighted by Crippen LogP contribution is 2.29. The highest BCUT2D eigenvalue weighted by Gasteiger charge is 2.20. The summed E-state index contributed by atoms with van der Waals surface area (Å²) in [5.74, 6) is 0. The van der Waals surface area contributed by atoms with Crippen molar-refractivity contribution in [1.29, 1.82) is 0 Å². The molecule has 5 nitrogen and oxygen atoms in total. The van der Waals surface area contributed by atoms with Gasteiger partial charge in [0.15, 0.2) is 9.84 Å². The Hall–Kier alpha value is -1.37. The molecule has 0 spiro atoms. The van der Waals surface area contributed by atoms with Crippen LogP contribution >= 0.6 is 11.6 Å². The zero-order valence-corrected chi connectivity index (χ0v) is 13.7. The van der Waals surface area contributed by atoms with E-state index < -0.39 is 15.9 Å². The molecule has 0 amide bonds. The van der Waals surface area contributed by atoms with E-state index in [4.69, 9.17) is 17.3 Å². The molecular formula is C14H18ClN3O2S. The lowest BCUT2D eigenvalue weighted by molar-refractivity contribution is 0.499. The van der Waals surface area contributed by atoms with E-state index in [1.807, 2.05) is 13.8 Å². The molecule has 0 radical (unpaired) electrons. The van der Waals surface area contributed by atoms with Gasteiger partial charge in [-0.3, -0.25) is 4.68 Å². The second-order valence-electron chi connectivity index (χ2n) is 5.23. The lowest BCUT2D eigenvalue weighted by Gasteiger charge is -2.18. The van der Waals surface area contributed by atoms with Crippen LogP contribution in [0.5, 0.6) is 0 Å². The summed E-state index contributed by atoms with van der Waals surface area (Å²) in [5.41, 5.74) is 7.77. The molecule has 21 heavy (non-hydrogen) atoms. The smallest absolute Gasteiger partial charge is 0.175 e. The van der Waals surface area contributed by atoms with Crippen molar-refractivity contribution in [2.75, 3.05) is 6.26 Å². The molecule has 2 N–H and O–H groups in total. The topological polar surface area (TPSA) is 78.0 Å².